The average molecular weight is 546 g/mol. The molecule has 0 aromatic heterocycles. The van der Waals surface area contributed by atoms with Gasteiger partial charge in [-0.15, -0.1) is 0 Å². The normalized spacial score (nSPS) is 13.0. The first-order chi connectivity index (χ1) is 19.5. The Morgan fingerprint density at radius 1 is 0.800 bits per heavy atom. The van der Waals surface area contributed by atoms with E-state index in [1.165, 1.54) is 0 Å². The Kier molecular flexibility index (Phi) is 9.72. The Labute approximate surface area is 236 Å². The number of carbonyl (C=O) groups is 2. The molecular weight excluding hydrogens is 506 g/mol. The van der Waals surface area contributed by atoms with Crippen molar-refractivity contribution in [3.8, 4) is 11.5 Å². The number of carbonyl (C=O) groups excluding carboxylic acids is 2. The van der Waals surface area contributed by atoms with Gasteiger partial charge in [-0.1, -0.05) is 24.3 Å². The van der Waals surface area contributed by atoms with Gasteiger partial charge in [0.05, 0.1) is 30.7 Å². The number of rotatable bonds is 10. The van der Waals surface area contributed by atoms with Gasteiger partial charge < -0.3 is 34.8 Å². The van der Waals surface area contributed by atoms with Crippen molar-refractivity contribution in [3.63, 3.8) is 0 Å². The van der Waals surface area contributed by atoms with Crippen molar-refractivity contribution in [3.05, 3.63) is 72.3 Å². The standard InChI is InChI=1S/C31H39N5O4/c1-5-34(6-2)30(37)24-22-23(32-31(38)33-25-12-8-10-14-28(25)40-7-3)16-17-26(24)35-18-20-36(21-19-35)27-13-9-11-15-29(27)39-4/h8-17,22H,5-7,18-21H2,1-4H3,(H2,32,33,38). The van der Waals surface area contributed by atoms with Crippen molar-refractivity contribution < 1.29 is 19.1 Å². The van der Waals surface area contributed by atoms with Crippen LogP contribution in [0, 0.1) is 0 Å². The molecule has 1 aliphatic heterocycles. The molecule has 1 fully saturated rings. The van der Waals surface area contributed by atoms with Crippen LogP contribution in [-0.4, -0.2) is 69.8 Å². The predicted octanol–water partition coefficient (Wildman–Crippen LogP) is 5.55. The maximum Gasteiger partial charge on any atom is 0.323 e. The zero-order valence-electron chi connectivity index (χ0n) is 23.8. The quantitative estimate of drug-likeness (QED) is 0.348. The zero-order valence-corrected chi connectivity index (χ0v) is 23.8. The average Bonchev–Trinajstić information content (AvgIpc) is 2.99. The topological polar surface area (TPSA) is 86.4 Å². The summed E-state index contributed by atoms with van der Waals surface area (Å²) in [5.41, 5.74) is 3.62. The first-order valence-electron chi connectivity index (χ1n) is 13.8. The number of hydrogen-bond acceptors (Lipinski definition) is 6. The number of amides is 3. The van der Waals surface area contributed by atoms with E-state index < -0.39 is 6.03 Å². The molecule has 9 nitrogen and oxygen atoms in total. The van der Waals surface area contributed by atoms with Crippen molar-refractivity contribution in [1.29, 1.82) is 0 Å². The number of urea groups is 1. The van der Waals surface area contributed by atoms with Crippen LogP contribution in [0.1, 0.15) is 31.1 Å². The highest BCUT2D eigenvalue weighted by Crippen LogP contribution is 2.32. The van der Waals surface area contributed by atoms with Gasteiger partial charge in [-0.25, -0.2) is 4.79 Å². The number of nitrogens with zero attached hydrogens (tertiary/aromatic N) is 3. The lowest BCUT2D eigenvalue weighted by Crippen LogP contribution is -2.47. The third-order valence-electron chi connectivity index (χ3n) is 7.02. The lowest BCUT2D eigenvalue weighted by molar-refractivity contribution is 0.0773. The van der Waals surface area contributed by atoms with Crippen molar-refractivity contribution in [2.75, 3.05) is 73.4 Å². The summed E-state index contributed by atoms with van der Waals surface area (Å²) in [4.78, 5) is 32.8. The number of benzene rings is 3. The first-order valence-corrected chi connectivity index (χ1v) is 13.8. The van der Waals surface area contributed by atoms with Gasteiger partial charge in [0.25, 0.3) is 5.91 Å². The molecule has 40 heavy (non-hydrogen) atoms. The van der Waals surface area contributed by atoms with E-state index in [4.69, 9.17) is 9.47 Å². The zero-order chi connectivity index (χ0) is 28.5. The van der Waals surface area contributed by atoms with Gasteiger partial charge in [0.2, 0.25) is 0 Å². The Bertz CT molecular complexity index is 1300. The fourth-order valence-electron chi connectivity index (χ4n) is 4.96. The van der Waals surface area contributed by atoms with E-state index in [-0.39, 0.29) is 5.91 Å². The number of ether oxygens (including phenoxy) is 2. The van der Waals surface area contributed by atoms with Crippen LogP contribution < -0.4 is 29.9 Å². The first kappa shape index (κ1) is 28.6. The number of piperazine rings is 1. The largest absolute Gasteiger partial charge is 0.495 e. The van der Waals surface area contributed by atoms with Crippen LogP contribution in [0.25, 0.3) is 0 Å². The van der Waals surface area contributed by atoms with E-state index in [1.54, 1.807) is 24.1 Å². The highest BCUT2D eigenvalue weighted by molar-refractivity contribution is 6.04. The van der Waals surface area contributed by atoms with E-state index in [1.807, 2.05) is 69.3 Å². The third kappa shape index (κ3) is 6.59. The predicted molar refractivity (Wildman–Crippen MR) is 161 cm³/mol. The minimum Gasteiger partial charge on any atom is -0.495 e. The van der Waals surface area contributed by atoms with Crippen LogP contribution in [0.15, 0.2) is 66.7 Å². The molecular formula is C31H39N5O4. The van der Waals surface area contributed by atoms with Crippen molar-refractivity contribution in [1.82, 2.24) is 4.90 Å². The molecule has 0 bridgehead atoms. The summed E-state index contributed by atoms with van der Waals surface area (Å²) in [7, 11) is 1.69. The maximum absolute atomic E-state index is 13.6. The molecule has 0 atom stereocenters. The van der Waals surface area contributed by atoms with Gasteiger partial charge in [-0.2, -0.15) is 0 Å². The van der Waals surface area contributed by atoms with Crippen LogP contribution >= 0.6 is 0 Å². The molecule has 2 N–H and O–H groups in total. The molecule has 1 saturated heterocycles. The second-order valence-corrected chi connectivity index (χ2v) is 9.36. The Hall–Kier alpha value is -4.40. The number of nitrogens with one attached hydrogen (secondary N) is 2. The molecule has 0 saturated carbocycles. The van der Waals surface area contributed by atoms with E-state index in [0.29, 0.717) is 42.4 Å². The summed E-state index contributed by atoms with van der Waals surface area (Å²) < 4.78 is 11.2. The van der Waals surface area contributed by atoms with Crippen molar-refractivity contribution >= 4 is 34.7 Å². The van der Waals surface area contributed by atoms with E-state index in [2.05, 4.69) is 26.5 Å². The number of anilines is 4. The van der Waals surface area contributed by atoms with Gasteiger partial charge >= 0.3 is 6.03 Å². The fourth-order valence-corrected chi connectivity index (χ4v) is 4.96. The molecule has 3 aromatic carbocycles. The minimum absolute atomic E-state index is 0.0575. The third-order valence-corrected chi connectivity index (χ3v) is 7.02. The van der Waals surface area contributed by atoms with Crippen molar-refractivity contribution in [2.24, 2.45) is 0 Å². The maximum atomic E-state index is 13.6. The van der Waals surface area contributed by atoms with Crippen LogP contribution in [-0.2, 0) is 0 Å². The molecule has 4 rings (SSSR count). The van der Waals surface area contributed by atoms with E-state index in [9.17, 15) is 9.59 Å². The molecule has 3 amide bonds. The molecule has 1 heterocycles. The van der Waals surface area contributed by atoms with Gasteiger partial charge in [0.1, 0.15) is 11.5 Å². The lowest BCUT2D eigenvalue weighted by Gasteiger charge is -2.38. The van der Waals surface area contributed by atoms with Crippen LogP contribution in [0.5, 0.6) is 11.5 Å². The second-order valence-electron chi connectivity index (χ2n) is 9.36. The smallest absolute Gasteiger partial charge is 0.323 e. The number of para-hydroxylation sites is 4. The van der Waals surface area contributed by atoms with Gasteiger partial charge in [-0.3, -0.25) is 4.79 Å². The van der Waals surface area contributed by atoms with Crippen LogP contribution in [0.2, 0.25) is 0 Å². The SMILES string of the molecule is CCOc1ccccc1NC(=O)Nc1ccc(N2CCN(c3ccccc3OC)CC2)c(C(=O)N(CC)CC)c1. The Balaban J connectivity index is 1.54. The summed E-state index contributed by atoms with van der Waals surface area (Å²) in [5.74, 6) is 1.39. The van der Waals surface area contributed by atoms with E-state index >= 15 is 0 Å². The Morgan fingerprint density at radius 3 is 2.08 bits per heavy atom. The molecule has 3 aromatic rings. The fraction of sp³-hybridized carbons (Fsp3) is 0.355. The summed E-state index contributed by atoms with van der Waals surface area (Å²) >= 11 is 0. The molecule has 0 aliphatic carbocycles. The molecule has 9 heteroatoms. The minimum atomic E-state index is -0.411. The van der Waals surface area contributed by atoms with Crippen LogP contribution in [0.3, 0.4) is 0 Å². The van der Waals surface area contributed by atoms with Gasteiger partial charge in [0, 0.05) is 50.6 Å². The molecule has 0 spiro atoms. The highest BCUT2D eigenvalue weighted by atomic mass is 16.5. The number of hydrogen-bond donors (Lipinski definition) is 2. The Morgan fingerprint density at radius 2 is 1.43 bits per heavy atom. The molecule has 1 aliphatic rings. The summed E-state index contributed by atoms with van der Waals surface area (Å²) in [6.07, 6.45) is 0. The summed E-state index contributed by atoms with van der Waals surface area (Å²) in [6, 6.07) is 20.4. The van der Waals surface area contributed by atoms with E-state index in [0.717, 1.165) is 43.3 Å². The summed E-state index contributed by atoms with van der Waals surface area (Å²) in [5, 5.41) is 5.73. The summed E-state index contributed by atoms with van der Waals surface area (Å²) in [6.45, 7) is 10.6. The number of methoxy groups -OCH3 is 1. The monoisotopic (exact) mass is 545 g/mol. The molecule has 0 unspecified atom stereocenters. The second kappa shape index (κ2) is 13.6. The highest BCUT2D eigenvalue weighted by Gasteiger charge is 2.25. The van der Waals surface area contributed by atoms with Gasteiger partial charge in [-0.05, 0) is 63.2 Å². The van der Waals surface area contributed by atoms with Gasteiger partial charge in [0.15, 0.2) is 0 Å². The molecule has 0 radical (unpaired) electrons. The van der Waals surface area contributed by atoms with Crippen molar-refractivity contribution in [2.45, 2.75) is 20.8 Å². The molecule has 212 valence electrons. The van der Waals surface area contributed by atoms with Crippen LogP contribution in [0.4, 0.5) is 27.5 Å². The lowest BCUT2D eigenvalue weighted by atomic mass is 10.1.